The lowest BCUT2D eigenvalue weighted by Crippen LogP contribution is -2.27. The van der Waals surface area contributed by atoms with E-state index in [1.807, 2.05) is 24.3 Å². The van der Waals surface area contributed by atoms with Crippen LogP contribution in [0.2, 0.25) is 0 Å². The molecule has 2 aromatic carbocycles. The third-order valence-electron chi connectivity index (χ3n) is 5.99. The van der Waals surface area contributed by atoms with Crippen LogP contribution in [-0.2, 0) is 18.9 Å². The highest BCUT2D eigenvalue weighted by atomic mass is 127. The van der Waals surface area contributed by atoms with E-state index in [0.717, 1.165) is 19.4 Å². The van der Waals surface area contributed by atoms with Crippen LogP contribution in [0.25, 0.3) is 11.1 Å². The van der Waals surface area contributed by atoms with Crippen LogP contribution < -0.4 is 5.32 Å². The summed E-state index contributed by atoms with van der Waals surface area (Å²) in [5.74, 6) is 0.0763. The number of carbonyl (C=O) groups is 1. The van der Waals surface area contributed by atoms with Crippen LogP contribution in [0.15, 0.2) is 48.5 Å². The van der Waals surface area contributed by atoms with Gasteiger partial charge in [-0.3, -0.25) is 0 Å². The lowest BCUT2D eigenvalue weighted by molar-refractivity contribution is 0.0135. The molecule has 1 aliphatic rings. The van der Waals surface area contributed by atoms with Crippen LogP contribution in [-0.4, -0.2) is 63.3 Å². The number of benzene rings is 2. The fourth-order valence-corrected chi connectivity index (χ4v) is 4.75. The molecule has 0 bridgehead atoms. The second-order valence-electron chi connectivity index (χ2n) is 8.55. The molecule has 0 aromatic heterocycles. The number of ether oxygens (including phenoxy) is 4. The van der Waals surface area contributed by atoms with E-state index in [1.54, 1.807) is 0 Å². The van der Waals surface area contributed by atoms with Crippen LogP contribution in [0.1, 0.15) is 49.1 Å². The normalized spacial score (nSPS) is 12.4. The summed E-state index contributed by atoms with van der Waals surface area (Å²) < 4.78 is 23.4. The van der Waals surface area contributed by atoms with Gasteiger partial charge in [-0.15, -0.1) is 0 Å². The summed E-state index contributed by atoms with van der Waals surface area (Å²) in [6.45, 7) is 4.56. The maximum atomic E-state index is 12.2. The smallest absolute Gasteiger partial charge is 0.407 e. The minimum absolute atomic E-state index is 0.0763. The second-order valence-corrected chi connectivity index (χ2v) is 9.62. The predicted octanol–water partition coefficient (Wildman–Crippen LogP) is 5.96. The van der Waals surface area contributed by atoms with Crippen LogP contribution in [0, 0.1) is 0 Å². The molecule has 0 unspecified atom stereocenters. The first-order valence-electron chi connectivity index (χ1n) is 12.7. The highest BCUT2D eigenvalue weighted by molar-refractivity contribution is 14.1. The lowest BCUT2D eigenvalue weighted by atomic mass is 9.98. The highest BCUT2D eigenvalue weighted by Crippen LogP contribution is 2.44. The van der Waals surface area contributed by atoms with Crippen molar-refractivity contribution in [3.63, 3.8) is 0 Å². The Morgan fingerprint density at radius 2 is 1.26 bits per heavy atom. The Morgan fingerprint density at radius 1 is 0.714 bits per heavy atom. The predicted molar refractivity (Wildman–Crippen MR) is 148 cm³/mol. The topological polar surface area (TPSA) is 66.0 Å². The molecule has 35 heavy (non-hydrogen) atoms. The van der Waals surface area contributed by atoms with Gasteiger partial charge in [0.15, 0.2) is 0 Å². The first kappa shape index (κ1) is 27.9. The Balaban J connectivity index is 1.16. The van der Waals surface area contributed by atoms with Gasteiger partial charge >= 0.3 is 6.09 Å². The number of halogens is 1. The third kappa shape index (κ3) is 9.71. The van der Waals surface area contributed by atoms with Crippen LogP contribution >= 0.6 is 22.6 Å². The van der Waals surface area contributed by atoms with Crippen molar-refractivity contribution in [2.45, 2.75) is 38.0 Å². The number of hydrogen-bond acceptors (Lipinski definition) is 5. The average Bonchev–Trinajstić information content (AvgIpc) is 3.21. The standard InChI is InChI=1S/C28H38INO5/c29-14-7-1-2-8-16-32-18-20-34-21-19-33-17-9-15-30-28(31)35-22-27-25-12-5-3-10-23(25)24-11-4-6-13-26(24)27/h3-6,10-13,27H,1-2,7-9,14-22H2,(H,30,31). The molecule has 192 valence electrons. The zero-order chi connectivity index (χ0) is 24.6. The van der Waals surface area contributed by atoms with E-state index in [0.29, 0.717) is 46.2 Å². The van der Waals surface area contributed by atoms with Gasteiger partial charge in [0.25, 0.3) is 0 Å². The maximum absolute atomic E-state index is 12.2. The molecule has 1 amide bonds. The van der Waals surface area contributed by atoms with E-state index in [4.69, 9.17) is 18.9 Å². The molecule has 0 saturated heterocycles. The summed E-state index contributed by atoms with van der Waals surface area (Å²) in [6, 6.07) is 16.7. The first-order valence-corrected chi connectivity index (χ1v) is 14.2. The van der Waals surface area contributed by atoms with Gasteiger partial charge in [0.1, 0.15) is 6.61 Å². The lowest BCUT2D eigenvalue weighted by Gasteiger charge is -2.14. The van der Waals surface area contributed by atoms with Crippen LogP contribution in [0.4, 0.5) is 4.79 Å². The fourth-order valence-electron chi connectivity index (χ4n) is 4.21. The zero-order valence-corrected chi connectivity index (χ0v) is 22.7. The number of nitrogens with one attached hydrogen (secondary N) is 1. The summed E-state index contributed by atoms with van der Waals surface area (Å²) in [7, 11) is 0. The van der Waals surface area contributed by atoms with Gasteiger partial charge in [-0.05, 0) is 45.9 Å². The molecule has 0 aliphatic heterocycles. The van der Waals surface area contributed by atoms with Gasteiger partial charge in [0.2, 0.25) is 0 Å². The Labute approximate surface area is 223 Å². The van der Waals surface area contributed by atoms with Crippen molar-refractivity contribution in [2.75, 3.05) is 57.2 Å². The van der Waals surface area contributed by atoms with E-state index >= 15 is 0 Å². The van der Waals surface area contributed by atoms with Gasteiger partial charge < -0.3 is 24.3 Å². The summed E-state index contributed by atoms with van der Waals surface area (Å²) in [4.78, 5) is 12.2. The van der Waals surface area contributed by atoms with Crippen molar-refractivity contribution in [3.05, 3.63) is 59.7 Å². The number of fused-ring (bicyclic) bond motifs is 3. The first-order chi connectivity index (χ1) is 17.3. The Bertz CT molecular complexity index is 832. The van der Waals surface area contributed by atoms with Crippen molar-refractivity contribution in [2.24, 2.45) is 0 Å². The molecule has 1 aliphatic carbocycles. The Hall–Kier alpha value is -1.68. The maximum Gasteiger partial charge on any atom is 0.407 e. The fraction of sp³-hybridized carbons (Fsp3) is 0.536. The molecule has 2 aromatic rings. The number of alkyl halides is 1. The van der Waals surface area contributed by atoms with E-state index < -0.39 is 0 Å². The van der Waals surface area contributed by atoms with Gasteiger partial charge in [-0.2, -0.15) is 0 Å². The van der Waals surface area contributed by atoms with Crippen molar-refractivity contribution < 1.29 is 23.7 Å². The minimum atomic E-state index is -0.389. The zero-order valence-electron chi connectivity index (χ0n) is 20.5. The Morgan fingerprint density at radius 3 is 1.89 bits per heavy atom. The number of alkyl carbamates (subject to hydrolysis) is 1. The van der Waals surface area contributed by atoms with Gasteiger partial charge in [0, 0.05) is 25.7 Å². The summed E-state index contributed by atoms with van der Waals surface area (Å²) in [5.41, 5.74) is 4.88. The summed E-state index contributed by atoms with van der Waals surface area (Å²) in [5, 5.41) is 2.81. The summed E-state index contributed by atoms with van der Waals surface area (Å²) in [6.07, 6.45) is 5.30. The molecule has 0 heterocycles. The van der Waals surface area contributed by atoms with E-state index in [-0.39, 0.29) is 12.0 Å². The molecule has 6 nitrogen and oxygen atoms in total. The minimum Gasteiger partial charge on any atom is -0.449 e. The quantitative estimate of drug-likeness (QED) is 0.131. The molecular formula is C28H38INO5. The SMILES string of the molecule is O=C(NCCCOCCOCCOCCCCCCI)OCC1c2ccccc2-c2ccccc21. The molecule has 7 heteroatoms. The number of carbonyl (C=O) groups excluding carboxylic acids is 1. The van der Waals surface area contributed by atoms with Crippen molar-refractivity contribution in [3.8, 4) is 11.1 Å². The molecule has 1 N–H and O–H groups in total. The number of hydrogen-bond donors (Lipinski definition) is 1. The third-order valence-corrected chi connectivity index (χ3v) is 6.76. The van der Waals surface area contributed by atoms with E-state index in [9.17, 15) is 4.79 Å². The van der Waals surface area contributed by atoms with Crippen molar-refractivity contribution in [1.82, 2.24) is 5.32 Å². The van der Waals surface area contributed by atoms with E-state index in [2.05, 4.69) is 52.2 Å². The largest absolute Gasteiger partial charge is 0.449 e. The molecule has 0 spiro atoms. The average molecular weight is 596 g/mol. The van der Waals surface area contributed by atoms with Gasteiger partial charge in [0.05, 0.1) is 26.4 Å². The molecule has 0 atom stereocenters. The second kappa shape index (κ2) is 16.9. The number of unbranched alkanes of at least 4 members (excludes halogenated alkanes) is 3. The van der Waals surface area contributed by atoms with Crippen LogP contribution in [0.5, 0.6) is 0 Å². The number of rotatable bonds is 18. The molecular weight excluding hydrogens is 557 g/mol. The monoisotopic (exact) mass is 595 g/mol. The van der Waals surface area contributed by atoms with Gasteiger partial charge in [-0.25, -0.2) is 4.79 Å². The Kier molecular flexibility index (Phi) is 13.5. The molecule has 3 rings (SSSR count). The molecule has 0 saturated carbocycles. The molecule has 0 radical (unpaired) electrons. The highest BCUT2D eigenvalue weighted by Gasteiger charge is 2.28. The molecule has 0 fully saturated rings. The van der Waals surface area contributed by atoms with Crippen molar-refractivity contribution in [1.29, 1.82) is 0 Å². The van der Waals surface area contributed by atoms with Crippen molar-refractivity contribution >= 4 is 28.7 Å². The van der Waals surface area contributed by atoms with Gasteiger partial charge in [-0.1, -0.05) is 84.0 Å². The summed E-state index contributed by atoms with van der Waals surface area (Å²) >= 11 is 2.42. The number of amides is 1. The van der Waals surface area contributed by atoms with Crippen LogP contribution in [0.3, 0.4) is 0 Å². The van der Waals surface area contributed by atoms with E-state index in [1.165, 1.54) is 45.9 Å².